The standard InChI is InChI=1S/C21H14ClN7S2/c1-25-19-15(8-23)18(17-6-7-26-29-17)16(9-24)21(28-19)31-11-14-10-30-20(27-14)12-2-4-13(22)5-3-12/h2-7,10H,11H2,1H3,(H,25,28)(H,26,29). The minimum atomic E-state index is 0.298. The van der Waals surface area contributed by atoms with Gasteiger partial charge in [-0.25, -0.2) is 9.97 Å². The first-order valence-corrected chi connectivity index (χ1v) is 11.3. The third-order valence-electron chi connectivity index (χ3n) is 4.39. The van der Waals surface area contributed by atoms with E-state index in [-0.39, 0.29) is 0 Å². The van der Waals surface area contributed by atoms with Crippen LogP contribution >= 0.6 is 34.7 Å². The zero-order valence-corrected chi connectivity index (χ0v) is 18.6. The maximum atomic E-state index is 9.86. The van der Waals surface area contributed by atoms with Gasteiger partial charge < -0.3 is 5.32 Å². The van der Waals surface area contributed by atoms with E-state index in [4.69, 9.17) is 11.6 Å². The lowest BCUT2D eigenvalue weighted by atomic mass is 10.0. The Balaban J connectivity index is 1.66. The Labute approximate surface area is 191 Å². The largest absolute Gasteiger partial charge is 0.372 e. The third-order valence-corrected chi connectivity index (χ3v) is 6.60. The molecular weight excluding hydrogens is 450 g/mol. The van der Waals surface area contributed by atoms with Crippen LogP contribution < -0.4 is 5.32 Å². The molecule has 1 aromatic carbocycles. The maximum Gasteiger partial charge on any atom is 0.145 e. The Morgan fingerprint density at radius 2 is 1.90 bits per heavy atom. The summed E-state index contributed by atoms with van der Waals surface area (Å²) < 4.78 is 0. The second kappa shape index (κ2) is 9.19. The molecule has 3 aromatic heterocycles. The van der Waals surface area contributed by atoms with Gasteiger partial charge in [-0.05, 0) is 18.2 Å². The highest BCUT2D eigenvalue weighted by Crippen LogP contribution is 2.37. The second-order valence-electron chi connectivity index (χ2n) is 6.27. The van der Waals surface area contributed by atoms with Crippen LogP contribution in [0.15, 0.2) is 46.9 Å². The first kappa shape index (κ1) is 20.9. The quantitative estimate of drug-likeness (QED) is 0.371. The summed E-state index contributed by atoms with van der Waals surface area (Å²) in [5.74, 6) is 0.942. The number of nitriles is 2. The predicted octanol–water partition coefficient (Wildman–Crippen LogP) is 5.33. The summed E-state index contributed by atoms with van der Waals surface area (Å²) >= 11 is 8.91. The van der Waals surface area contributed by atoms with E-state index in [2.05, 4.69) is 37.6 Å². The van der Waals surface area contributed by atoms with Crippen LogP contribution in [0.2, 0.25) is 5.02 Å². The lowest BCUT2D eigenvalue weighted by molar-refractivity contribution is 1.07. The number of aromatic amines is 1. The Hall–Kier alpha value is -3.37. The summed E-state index contributed by atoms with van der Waals surface area (Å²) in [5.41, 5.74) is 3.59. The highest BCUT2D eigenvalue weighted by Gasteiger charge is 2.22. The molecule has 0 atom stereocenters. The summed E-state index contributed by atoms with van der Waals surface area (Å²) in [6, 6.07) is 13.6. The molecule has 0 amide bonds. The molecule has 0 unspecified atom stereocenters. The predicted molar refractivity (Wildman–Crippen MR) is 123 cm³/mol. The molecule has 0 saturated carbocycles. The molecule has 10 heteroatoms. The number of H-pyrrole nitrogens is 1. The van der Waals surface area contributed by atoms with Crippen LogP contribution in [-0.2, 0) is 5.75 Å². The normalized spacial score (nSPS) is 10.5. The van der Waals surface area contributed by atoms with Crippen LogP contribution in [0.4, 0.5) is 5.82 Å². The van der Waals surface area contributed by atoms with Crippen molar-refractivity contribution in [3.8, 4) is 34.0 Å². The van der Waals surface area contributed by atoms with Crippen molar-refractivity contribution in [3.63, 3.8) is 0 Å². The lowest BCUT2D eigenvalue weighted by Crippen LogP contribution is -2.04. The van der Waals surface area contributed by atoms with Gasteiger partial charge in [0.1, 0.15) is 33.6 Å². The monoisotopic (exact) mass is 463 g/mol. The number of benzene rings is 1. The molecule has 0 bridgehead atoms. The van der Waals surface area contributed by atoms with Crippen LogP contribution in [0.5, 0.6) is 0 Å². The van der Waals surface area contributed by atoms with Crippen LogP contribution in [0, 0.1) is 22.7 Å². The molecule has 2 N–H and O–H groups in total. The molecule has 0 aliphatic rings. The number of pyridine rings is 1. The van der Waals surface area contributed by atoms with Crippen molar-refractivity contribution >= 4 is 40.5 Å². The van der Waals surface area contributed by atoms with Gasteiger partial charge in [-0.1, -0.05) is 35.5 Å². The maximum absolute atomic E-state index is 9.86. The molecular formula is C21H14ClN7S2. The van der Waals surface area contributed by atoms with Crippen LogP contribution in [0.25, 0.3) is 21.8 Å². The van der Waals surface area contributed by atoms with Crippen molar-refractivity contribution in [1.82, 2.24) is 20.2 Å². The van der Waals surface area contributed by atoms with Crippen LogP contribution in [0.3, 0.4) is 0 Å². The topological polar surface area (TPSA) is 114 Å². The average Bonchev–Trinajstić information content (AvgIpc) is 3.49. The Kier molecular flexibility index (Phi) is 6.19. The summed E-state index contributed by atoms with van der Waals surface area (Å²) in [4.78, 5) is 9.22. The second-order valence-corrected chi connectivity index (χ2v) is 8.53. The van der Waals surface area contributed by atoms with Crippen molar-refractivity contribution in [2.75, 3.05) is 12.4 Å². The van der Waals surface area contributed by atoms with Crippen LogP contribution in [-0.4, -0.2) is 27.2 Å². The van der Waals surface area contributed by atoms with Gasteiger partial charge in [-0.3, -0.25) is 5.10 Å². The summed E-state index contributed by atoms with van der Waals surface area (Å²) in [5, 5.41) is 33.4. The van der Waals surface area contributed by atoms with E-state index in [1.807, 2.05) is 29.6 Å². The lowest BCUT2D eigenvalue weighted by Gasteiger charge is -2.13. The Bertz CT molecular complexity index is 1300. The molecule has 31 heavy (non-hydrogen) atoms. The van der Waals surface area contributed by atoms with Gasteiger partial charge in [0.15, 0.2) is 0 Å². The fourth-order valence-electron chi connectivity index (χ4n) is 2.97. The molecule has 0 aliphatic heterocycles. The van der Waals surface area contributed by atoms with Gasteiger partial charge >= 0.3 is 0 Å². The molecule has 7 nitrogen and oxygen atoms in total. The van der Waals surface area contributed by atoms with E-state index in [0.717, 1.165) is 16.3 Å². The van der Waals surface area contributed by atoms with E-state index in [1.54, 1.807) is 30.6 Å². The zero-order chi connectivity index (χ0) is 21.8. The van der Waals surface area contributed by atoms with Crippen molar-refractivity contribution in [2.45, 2.75) is 10.8 Å². The number of halogens is 1. The van der Waals surface area contributed by atoms with Crippen molar-refractivity contribution < 1.29 is 0 Å². The first-order chi connectivity index (χ1) is 15.1. The highest BCUT2D eigenvalue weighted by molar-refractivity contribution is 7.98. The van der Waals surface area contributed by atoms with Gasteiger partial charge in [0.25, 0.3) is 0 Å². The number of thiazole rings is 1. The number of nitrogens with zero attached hydrogens (tertiary/aromatic N) is 5. The Morgan fingerprint density at radius 1 is 1.13 bits per heavy atom. The number of aromatic nitrogens is 4. The molecule has 3 heterocycles. The number of nitrogens with one attached hydrogen (secondary N) is 2. The first-order valence-electron chi connectivity index (χ1n) is 9.03. The highest BCUT2D eigenvalue weighted by atomic mass is 35.5. The molecule has 152 valence electrons. The summed E-state index contributed by atoms with van der Waals surface area (Å²) in [6.07, 6.45) is 1.58. The van der Waals surface area contributed by atoms with E-state index in [0.29, 0.717) is 44.0 Å². The fraction of sp³-hybridized carbons (Fsp3) is 0.0952. The Morgan fingerprint density at radius 3 is 2.55 bits per heavy atom. The smallest absolute Gasteiger partial charge is 0.145 e. The molecule has 0 spiro atoms. The third kappa shape index (κ3) is 4.25. The van der Waals surface area contributed by atoms with E-state index < -0.39 is 0 Å². The summed E-state index contributed by atoms with van der Waals surface area (Å²) in [6.45, 7) is 0. The molecule has 0 radical (unpaired) electrons. The van der Waals surface area contributed by atoms with Crippen molar-refractivity contribution in [2.24, 2.45) is 0 Å². The number of anilines is 1. The van der Waals surface area contributed by atoms with Crippen molar-refractivity contribution in [3.05, 3.63) is 63.8 Å². The van der Waals surface area contributed by atoms with E-state index >= 15 is 0 Å². The summed E-state index contributed by atoms with van der Waals surface area (Å²) in [7, 11) is 1.69. The SMILES string of the molecule is CNc1nc(SCc2csc(-c3ccc(Cl)cc3)n2)c(C#N)c(-c2ccn[nH]2)c1C#N. The number of thioether (sulfide) groups is 1. The van der Waals surface area contributed by atoms with Gasteiger partial charge in [0.05, 0.1) is 17.0 Å². The van der Waals surface area contributed by atoms with E-state index in [9.17, 15) is 10.5 Å². The minimum Gasteiger partial charge on any atom is -0.372 e. The van der Waals surface area contributed by atoms with Crippen molar-refractivity contribution in [1.29, 1.82) is 10.5 Å². The van der Waals surface area contributed by atoms with Gasteiger partial charge in [0, 0.05) is 40.5 Å². The average molecular weight is 464 g/mol. The van der Waals surface area contributed by atoms with Gasteiger partial charge in [0.2, 0.25) is 0 Å². The van der Waals surface area contributed by atoms with Crippen LogP contribution in [0.1, 0.15) is 16.8 Å². The fourth-order valence-corrected chi connectivity index (χ4v) is 4.90. The minimum absolute atomic E-state index is 0.298. The zero-order valence-electron chi connectivity index (χ0n) is 16.2. The molecule has 0 fully saturated rings. The number of hydrogen-bond donors (Lipinski definition) is 2. The molecule has 4 rings (SSSR count). The molecule has 0 saturated heterocycles. The molecule has 0 aliphatic carbocycles. The van der Waals surface area contributed by atoms with E-state index in [1.165, 1.54) is 11.8 Å². The number of rotatable bonds is 6. The van der Waals surface area contributed by atoms with Gasteiger partial charge in [-0.2, -0.15) is 15.6 Å². The van der Waals surface area contributed by atoms with Gasteiger partial charge in [-0.15, -0.1) is 11.3 Å². The molecule has 4 aromatic rings. The number of hydrogen-bond acceptors (Lipinski definition) is 8.